The van der Waals surface area contributed by atoms with Crippen LogP contribution in [0, 0.1) is 11.3 Å². The number of hydrogen-bond donors (Lipinski definition) is 2. The number of carbonyl (C=O) groups excluding carboxylic acids is 2. The Balaban J connectivity index is 1.59. The number of piperidine rings is 1. The number of sulfonamides is 1. The lowest BCUT2D eigenvalue weighted by molar-refractivity contribution is -0.149. The van der Waals surface area contributed by atoms with Gasteiger partial charge in [-0.2, -0.15) is 4.31 Å². The van der Waals surface area contributed by atoms with Gasteiger partial charge in [0.1, 0.15) is 12.4 Å². The molecule has 8 nitrogen and oxygen atoms in total. The number of nitrogens with zero attached hydrogens (tertiary/aromatic N) is 1. The van der Waals surface area contributed by atoms with E-state index in [-0.39, 0.29) is 24.4 Å². The standard InChI is InChI=1S/C22H28N2O6S/c1-14(23)21(15(2)25)20(26)13-30-22(27)17-8-10-24(11-9-17)31(28,29)19-7-6-16-4-3-5-18(16)12-19/h6-7,12,17,23,26H,3-5,8-11,13H2,1-2H3/b21-20-,23-14?. The zero-order valence-electron chi connectivity index (χ0n) is 17.8. The molecule has 1 fully saturated rings. The molecule has 0 bridgehead atoms. The Morgan fingerprint density at radius 2 is 1.81 bits per heavy atom. The van der Waals surface area contributed by atoms with E-state index < -0.39 is 40.1 Å². The molecule has 0 spiro atoms. The highest BCUT2D eigenvalue weighted by atomic mass is 32.2. The fourth-order valence-corrected chi connectivity index (χ4v) is 5.72. The number of hydrogen-bond acceptors (Lipinski definition) is 7. The molecular weight excluding hydrogens is 420 g/mol. The van der Waals surface area contributed by atoms with Gasteiger partial charge in [0.2, 0.25) is 10.0 Å². The number of aryl methyl sites for hydroxylation is 2. The number of ketones is 1. The number of ether oxygens (including phenoxy) is 1. The Morgan fingerprint density at radius 1 is 1.16 bits per heavy atom. The number of fused-ring (bicyclic) bond motifs is 1. The van der Waals surface area contributed by atoms with E-state index in [9.17, 15) is 23.1 Å². The van der Waals surface area contributed by atoms with Gasteiger partial charge in [-0.3, -0.25) is 9.59 Å². The summed E-state index contributed by atoms with van der Waals surface area (Å²) in [5.74, 6) is -1.97. The molecule has 1 aromatic carbocycles. The molecule has 1 aromatic rings. The maximum atomic E-state index is 13.0. The molecule has 9 heteroatoms. The highest BCUT2D eigenvalue weighted by Crippen LogP contribution is 2.29. The van der Waals surface area contributed by atoms with Crippen molar-refractivity contribution in [2.45, 2.75) is 50.8 Å². The van der Waals surface area contributed by atoms with Crippen molar-refractivity contribution in [2.75, 3.05) is 19.7 Å². The summed E-state index contributed by atoms with van der Waals surface area (Å²) < 4.78 is 32.5. The fourth-order valence-electron chi connectivity index (χ4n) is 4.20. The normalized spacial score (nSPS) is 18.3. The molecule has 1 aliphatic carbocycles. The summed E-state index contributed by atoms with van der Waals surface area (Å²) in [4.78, 5) is 24.2. The van der Waals surface area contributed by atoms with Crippen LogP contribution < -0.4 is 0 Å². The molecule has 2 aliphatic rings. The molecule has 3 rings (SSSR count). The molecule has 168 valence electrons. The highest BCUT2D eigenvalue weighted by molar-refractivity contribution is 7.89. The van der Waals surface area contributed by atoms with Gasteiger partial charge in [-0.05, 0) is 69.2 Å². The average Bonchev–Trinajstić information content (AvgIpc) is 3.19. The fraction of sp³-hybridized carbons (Fsp3) is 0.500. The van der Waals surface area contributed by atoms with Crippen molar-refractivity contribution in [2.24, 2.45) is 5.92 Å². The van der Waals surface area contributed by atoms with Crippen molar-refractivity contribution in [3.8, 4) is 0 Å². The molecule has 0 radical (unpaired) electrons. The third kappa shape index (κ3) is 5.04. The number of rotatable bonds is 7. The molecule has 31 heavy (non-hydrogen) atoms. The monoisotopic (exact) mass is 448 g/mol. The summed E-state index contributed by atoms with van der Waals surface area (Å²) in [5.41, 5.74) is 2.04. The molecule has 1 saturated heterocycles. The maximum Gasteiger partial charge on any atom is 0.309 e. The second-order valence-corrected chi connectivity index (χ2v) is 10.0. The van der Waals surface area contributed by atoms with Crippen LogP contribution in [0.15, 0.2) is 34.4 Å². The average molecular weight is 449 g/mol. The van der Waals surface area contributed by atoms with Crippen LogP contribution in [0.3, 0.4) is 0 Å². The van der Waals surface area contributed by atoms with Gasteiger partial charge in [0.25, 0.3) is 0 Å². The second kappa shape index (κ2) is 9.32. The lowest BCUT2D eigenvalue weighted by atomic mass is 9.98. The quantitative estimate of drug-likeness (QED) is 0.286. The topological polar surface area (TPSA) is 125 Å². The Bertz CT molecular complexity index is 1020. The number of aliphatic hydroxyl groups is 1. The predicted octanol–water partition coefficient (Wildman–Crippen LogP) is 2.56. The summed E-state index contributed by atoms with van der Waals surface area (Å²) in [6, 6.07) is 5.32. The van der Waals surface area contributed by atoms with Crippen LogP contribution >= 0.6 is 0 Å². The van der Waals surface area contributed by atoms with Gasteiger partial charge in [-0.25, -0.2) is 8.42 Å². The third-order valence-corrected chi connectivity index (χ3v) is 7.76. The summed E-state index contributed by atoms with van der Waals surface area (Å²) in [5, 5.41) is 17.5. The SMILES string of the molecule is CC(=N)/C(C(C)=O)=C(/O)COC(=O)C1CCN(S(=O)(=O)c2ccc3c(c2)CCC3)CC1. The maximum absolute atomic E-state index is 13.0. The Hall–Kier alpha value is -2.52. The largest absolute Gasteiger partial charge is 0.508 e. The van der Waals surface area contributed by atoms with E-state index in [0.29, 0.717) is 17.7 Å². The van der Waals surface area contributed by atoms with Gasteiger partial charge in [0.15, 0.2) is 5.78 Å². The van der Waals surface area contributed by atoms with Gasteiger partial charge in [-0.15, -0.1) is 0 Å². The molecule has 0 saturated carbocycles. The first kappa shape index (κ1) is 23.1. The molecule has 0 amide bonds. The first-order chi connectivity index (χ1) is 14.6. The van der Waals surface area contributed by atoms with E-state index in [2.05, 4.69) is 0 Å². The summed E-state index contributed by atoms with van der Waals surface area (Å²) in [6.07, 6.45) is 3.57. The van der Waals surface area contributed by atoms with Crippen LogP contribution in [-0.4, -0.2) is 55.0 Å². The number of aliphatic hydroxyl groups excluding tert-OH is 1. The minimum atomic E-state index is -3.62. The lowest BCUT2D eigenvalue weighted by Gasteiger charge is -2.30. The van der Waals surface area contributed by atoms with Gasteiger partial charge >= 0.3 is 5.97 Å². The Kier molecular flexibility index (Phi) is 6.96. The molecule has 0 unspecified atom stereocenters. The zero-order valence-corrected chi connectivity index (χ0v) is 18.6. The smallest absolute Gasteiger partial charge is 0.309 e. The highest BCUT2D eigenvalue weighted by Gasteiger charge is 2.33. The van der Waals surface area contributed by atoms with Crippen LogP contribution in [0.2, 0.25) is 0 Å². The predicted molar refractivity (Wildman–Crippen MR) is 115 cm³/mol. The summed E-state index contributed by atoms with van der Waals surface area (Å²) in [6.45, 7) is 2.52. The van der Waals surface area contributed by atoms with Gasteiger partial charge in [0.05, 0.1) is 16.4 Å². The Morgan fingerprint density at radius 3 is 2.42 bits per heavy atom. The van der Waals surface area contributed by atoms with E-state index in [4.69, 9.17) is 10.1 Å². The summed E-state index contributed by atoms with van der Waals surface area (Å²) in [7, 11) is -3.62. The Labute approximate surface area is 182 Å². The molecular formula is C22H28N2O6S. The third-order valence-electron chi connectivity index (χ3n) is 5.86. The van der Waals surface area contributed by atoms with Gasteiger partial charge < -0.3 is 15.3 Å². The van der Waals surface area contributed by atoms with Crippen LogP contribution in [0.1, 0.15) is 44.2 Å². The molecule has 2 N–H and O–H groups in total. The number of benzene rings is 1. The minimum absolute atomic E-state index is 0.105. The zero-order chi connectivity index (χ0) is 22.8. The second-order valence-electron chi connectivity index (χ2n) is 8.07. The molecule has 0 aromatic heterocycles. The van der Waals surface area contributed by atoms with Crippen LogP contribution in [0.4, 0.5) is 0 Å². The van der Waals surface area contributed by atoms with Crippen molar-refractivity contribution in [1.82, 2.24) is 4.31 Å². The number of Topliss-reactive ketones (excluding diaryl/α,β-unsaturated/α-hetero) is 1. The van der Waals surface area contributed by atoms with Crippen molar-refractivity contribution in [3.63, 3.8) is 0 Å². The van der Waals surface area contributed by atoms with Crippen molar-refractivity contribution >= 4 is 27.5 Å². The molecule has 1 aliphatic heterocycles. The van der Waals surface area contributed by atoms with Gasteiger partial charge in [0, 0.05) is 18.8 Å². The van der Waals surface area contributed by atoms with E-state index in [1.165, 1.54) is 23.7 Å². The van der Waals surface area contributed by atoms with E-state index in [0.717, 1.165) is 24.8 Å². The molecule has 0 atom stereocenters. The van der Waals surface area contributed by atoms with Crippen LogP contribution in [0.25, 0.3) is 0 Å². The van der Waals surface area contributed by atoms with Crippen LogP contribution in [0.5, 0.6) is 0 Å². The number of allylic oxidation sites excluding steroid dienone is 1. The molecule has 1 heterocycles. The first-order valence-corrected chi connectivity index (χ1v) is 11.8. The number of nitrogens with one attached hydrogen (secondary N) is 1. The van der Waals surface area contributed by atoms with Crippen molar-refractivity contribution in [1.29, 1.82) is 5.41 Å². The lowest BCUT2D eigenvalue weighted by Crippen LogP contribution is -2.40. The van der Waals surface area contributed by atoms with E-state index in [1.54, 1.807) is 12.1 Å². The van der Waals surface area contributed by atoms with Gasteiger partial charge in [-0.1, -0.05) is 6.07 Å². The number of esters is 1. The minimum Gasteiger partial charge on any atom is -0.508 e. The van der Waals surface area contributed by atoms with Crippen molar-refractivity contribution < 1.29 is 27.9 Å². The van der Waals surface area contributed by atoms with Crippen LogP contribution in [-0.2, 0) is 37.2 Å². The van der Waals surface area contributed by atoms with Crippen molar-refractivity contribution in [3.05, 3.63) is 40.7 Å². The first-order valence-electron chi connectivity index (χ1n) is 10.4. The van der Waals surface area contributed by atoms with E-state index in [1.807, 2.05) is 6.07 Å². The summed E-state index contributed by atoms with van der Waals surface area (Å²) >= 11 is 0. The number of carbonyl (C=O) groups is 2. The van der Waals surface area contributed by atoms with E-state index >= 15 is 0 Å².